The molecule has 1 aromatic carbocycles. The van der Waals surface area contributed by atoms with Crippen LogP contribution in [0.5, 0.6) is 0 Å². The van der Waals surface area contributed by atoms with Crippen LogP contribution >= 0.6 is 11.6 Å². The monoisotopic (exact) mass is 333 g/mol. The van der Waals surface area contributed by atoms with Gasteiger partial charge in [-0.05, 0) is 31.0 Å². The fourth-order valence-electron chi connectivity index (χ4n) is 1.63. The van der Waals surface area contributed by atoms with Crippen LogP contribution in [0.2, 0.25) is 5.02 Å². The molecule has 0 aliphatic heterocycles. The third-order valence-corrected chi connectivity index (χ3v) is 3.70. The van der Waals surface area contributed by atoms with E-state index in [1.165, 1.54) is 0 Å². The van der Waals surface area contributed by atoms with Gasteiger partial charge in [0, 0.05) is 18.1 Å². The lowest BCUT2D eigenvalue weighted by Crippen LogP contribution is -2.38. The van der Waals surface area contributed by atoms with Gasteiger partial charge in [0.15, 0.2) is 0 Å². The summed E-state index contributed by atoms with van der Waals surface area (Å²) in [6.45, 7) is 2.56. The number of urea groups is 1. The normalized spacial score (nSPS) is 12.7. The average molecular weight is 334 g/mol. The number of carbonyl (C=O) groups is 1. The summed E-state index contributed by atoms with van der Waals surface area (Å²) in [7, 11) is -3.17. The Labute approximate surface area is 130 Å². The van der Waals surface area contributed by atoms with E-state index in [-0.39, 0.29) is 12.1 Å². The van der Waals surface area contributed by atoms with Crippen molar-refractivity contribution >= 4 is 27.7 Å². The second-order valence-electron chi connectivity index (χ2n) is 4.69. The Morgan fingerprint density at radius 1 is 1.24 bits per heavy atom. The maximum atomic E-state index is 11.7. The summed E-state index contributed by atoms with van der Waals surface area (Å²) in [5.41, 5.74) is 0.952. The number of hydrogen-bond donors (Lipinski definition) is 3. The quantitative estimate of drug-likeness (QED) is 0.663. The van der Waals surface area contributed by atoms with Crippen molar-refractivity contribution in [3.8, 4) is 0 Å². The number of carbonyl (C=O) groups excluding carboxylic acids is 1. The first kappa shape index (κ1) is 17.7. The summed E-state index contributed by atoms with van der Waals surface area (Å²) in [5, 5.41) is 6.11. The second kappa shape index (κ2) is 8.21. The van der Waals surface area contributed by atoms with Crippen molar-refractivity contribution in [3.63, 3.8) is 0 Å². The molecule has 118 valence electrons. The fourth-order valence-corrected chi connectivity index (χ4v) is 2.27. The van der Waals surface area contributed by atoms with Crippen molar-refractivity contribution in [2.75, 3.05) is 19.3 Å². The first-order valence-electron chi connectivity index (χ1n) is 6.52. The topological polar surface area (TPSA) is 87.3 Å². The van der Waals surface area contributed by atoms with Crippen LogP contribution < -0.4 is 15.4 Å². The molecule has 1 rings (SSSR count). The molecule has 0 heterocycles. The molecule has 0 aliphatic rings. The first-order chi connectivity index (χ1) is 9.78. The summed E-state index contributed by atoms with van der Waals surface area (Å²) >= 11 is 5.80. The van der Waals surface area contributed by atoms with Gasteiger partial charge in [0.05, 0.1) is 12.3 Å². The van der Waals surface area contributed by atoms with Crippen LogP contribution in [-0.4, -0.2) is 33.8 Å². The zero-order valence-corrected chi connectivity index (χ0v) is 13.6. The summed E-state index contributed by atoms with van der Waals surface area (Å²) in [4.78, 5) is 11.7. The zero-order valence-electron chi connectivity index (χ0n) is 12.0. The fraction of sp³-hybridized carbons (Fsp3) is 0.462. The molecule has 2 amide bonds. The van der Waals surface area contributed by atoms with Crippen molar-refractivity contribution in [2.45, 2.75) is 19.4 Å². The predicted molar refractivity (Wildman–Crippen MR) is 83.9 cm³/mol. The maximum Gasteiger partial charge on any atom is 0.315 e. The molecule has 1 atom stereocenters. The zero-order chi connectivity index (χ0) is 15.9. The second-order valence-corrected chi connectivity index (χ2v) is 6.96. The molecule has 6 nitrogen and oxygen atoms in total. The largest absolute Gasteiger partial charge is 0.338 e. The number of benzene rings is 1. The number of amides is 2. The molecule has 0 aliphatic carbocycles. The van der Waals surface area contributed by atoms with E-state index in [0.29, 0.717) is 24.5 Å². The van der Waals surface area contributed by atoms with E-state index >= 15 is 0 Å². The smallest absolute Gasteiger partial charge is 0.315 e. The van der Waals surface area contributed by atoms with Gasteiger partial charge in [0.25, 0.3) is 0 Å². The lowest BCUT2D eigenvalue weighted by molar-refractivity contribution is 0.238. The van der Waals surface area contributed by atoms with Crippen molar-refractivity contribution in [1.29, 1.82) is 0 Å². The van der Waals surface area contributed by atoms with Gasteiger partial charge in [-0.25, -0.2) is 17.9 Å². The SMILES string of the molecule is CC(NC(=O)NCCCNS(C)(=O)=O)c1ccc(Cl)cc1. The van der Waals surface area contributed by atoms with E-state index in [0.717, 1.165) is 11.8 Å². The third-order valence-electron chi connectivity index (χ3n) is 2.72. The number of sulfonamides is 1. The van der Waals surface area contributed by atoms with E-state index in [2.05, 4.69) is 15.4 Å². The molecule has 8 heteroatoms. The van der Waals surface area contributed by atoms with Gasteiger partial charge in [0.2, 0.25) is 10.0 Å². The Balaban J connectivity index is 2.25. The molecule has 0 bridgehead atoms. The predicted octanol–water partition coefficient (Wildman–Crippen LogP) is 1.64. The summed E-state index contributed by atoms with van der Waals surface area (Å²) in [6, 6.07) is 6.80. The number of halogens is 1. The van der Waals surface area contributed by atoms with Gasteiger partial charge in [-0.3, -0.25) is 0 Å². The number of nitrogens with one attached hydrogen (secondary N) is 3. The van der Waals surface area contributed by atoms with Gasteiger partial charge < -0.3 is 10.6 Å². The summed E-state index contributed by atoms with van der Waals surface area (Å²) in [5.74, 6) is 0. The Morgan fingerprint density at radius 2 is 1.86 bits per heavy atom. The molecule has 0 saturated heterocycles. The molecular formula is C13H20ClN3O3S. The molecule has 0 aromatic heterocycles. The minimum absolute atomic E-state index is 0.142. The Morgan fingerprint density at radius 3 is 2.43 bits per heavy atom. The molecule has 0 fully saturated rings. The van der Waals surface area contributed by atoms with Gasteiger partial charge in [-0.1, -0.05) is 23.7 Å². The molecule has 3 N–H and O–H groups in total. The van der Waals surface area contributed by atoms with Crippen molar-refractivity contribution in [2.24, 2.45) is 0 Å². The molecule has 1 aromatic rings. The van der Waals surface area contributed by atoms with Gasteiger partial charge in [0.1, 0.15) is 0 Å². The molecule has 0 spiro atoms. The van der Waals surface area contributed by atoms with E-state index in [1.54, 1.807) is 12.1 Å². The Hall–Kier alpha value is -1.31. The van der Waals surface area contributed by atoms with Crippen LogP contribution in [0, 0.1) is 0 Å². The minimum Gasteiger partial charge on any atom is -0.338 e. The van der Waals surface area contributed by atoms with Crippen molar-refractivity contribution < 1.29 is 13.2 Å². The highest BCUT2D eigenvalue weighted by Gasteiger charge is 2.08. The Kier molecular flexibility index (Phi) is 6.94. The highest BCUT2D eigenvalue weighted by atomic mass is 35.5. The Bertz CT molecular complexity index is 561. The minimum atomic E-state index is -3.17. The van der Waals surface area contributed by atoms with E-state index < -0.39 is 10.0 Å². The lowest BCUT2D eigenvalue weighted by Gasteiger charge is -2.15. The van der Waals surface area contributed by atoms with Gasteiger partial charge in [-0.15, -0.1) is 0 Å². The van der Waals surface area contributed by atoms with E-state index in [4.69, 9.17) is 11.6 Å². The van der Waals surface area contributed by atoms with Gasteiger partial charge in [-0.2, -0.15) is 0 Å². The molecule has 0 saturated carbocycles. The third kappa shape index (κ3) is 7.89. The van der Waals surface area contributed by atoms with Crippen LogP contribution in [0.1, 0.15) is 24.9 Å². The molecular weight excluding hydrogens is 314 g/mol. The van der Waals surface area contributed by atoms with Crippen LogP contribution in [0.3, 0.4) is 0 Å². The molecule has 0 radical (unpaired) electrons. The van der Waals surface area contributed by atoms with Crippen LogP contribution in [0.4, 0.5) is 4.79 Å². The number of hydrogen-bond acceptors (Lipinski definition) is 3. The highest BCUT2D eigenvalue weighted by molar-refractivity contribution is 7.88. The van der Waals surface area contributed by atoms with Crippen molar-refractivity contribution in [3.05, 3.63) is 34.9 Å². The lowest BCUT2D eigenvalue weighted by atomic mass is 10.1. The standard InChI is InChI=1S/C13H20ClN3O3S/c1-10(11-4-6-12(14)7-5-11)17-13(18)15-8-3-9-16-21(2,19)20/h4-7,10,16H,3,8-9H2,1-2H3,(H2,15,17,18). The molecule has 21 heavy (non-hydrogen) atoms. The number of rotatable bonds is 7. The van der Waals surface area contributed by atoms with Crippen LogP contribution in [-0.2, 0) is 10.0 Å². The molecule has 1 unspecified atom stereocenters. The summed E-state index contributed by atoms with van der Waals surface area (Å²) in [6.07, 6.45) is 1.62. The highest BCUT2D eigenvalue weighted by Crippen LogP contribution is 2.15. The van der Waals surface area contributed by atoms with Crippen LogP contribution in [0.15, 0.2) is 24.3 Å². The van der Waals surface area contributed by atoms with Crippen LogP contribution in [0.25, 0.3) is 0 Å². The van der Waals surface area contributed by atoms with Crippen molar-refractivity contribution in [1.82, 2.24) is 15.4 Å². The maximum absolute atomic E-state index is 11.7. The first-order valence-corrected chi connectivity index (χ1v) is 8.79. The summed E-state index contributed by atoms with van der Waals surface area (Å²) < 4.78 is 24.0. The van der Waals surface area contributed by atoms with E-state index in [1.807, 2.05) is 19.1 Å². The van der Waals surface area contributed by atoms with Gasteiger partial charge >= 0.3 is 6.03 Å². The van der Waals surface area contributed by atoms with E-state index in [9.17, 15) is 13.2 Å². The average Bonchev–Trinajstić information content (AvgIpc) is 2.37.